The zero-order valence-electron chi connectivity index (χ0n) is 9.15. The fourth-order valence-corrected chi connectivity index (χ4v) is 1.43. The van der Waals surface area contributed by atoms with Crippen molar-refractivity contribution in [1.82, 2.24) is 15.0 Å². The van der Waals surface area contributed by atoms with Crippen molar-refractivity contribution in [3.63, 3.8) is 0 Å². The standard InChI is InChI=1S/C10H10N4O4/c11-6(10(17)18)4-14-12-7-2-1-5(9(15)16)3-8(7)13-14/h1-3,6H,4,11H2,(H,15,16)(H,17,18). The molecule has 4 N–H and O–H groups in total. The summed E-state index contributed by atoms with van der Waals surface area (Å²) in [5.74, 6) is -2.21. The molecule has 0 radical (unpaired) electrons. The minimum Gasteiger partial charge on any atom is -0.480 e. The molecule has 1 aromatic carbocycles. The van der Waals surface area contributed by atoms with Gasteiger partial charge in [0.05, 0.1) is 12.1 Å². The van der Waals surface area contributed by atoms with Gasteiger partial charge in [0, 0.05) is 0 Å². The Morgan fingerprint density at radius 3 is 2.56 bits per heavy atom. The number of hydrogen-bond donors (Lipinski definition) is 3. The second kappa shape index (κ2) is 4.41. The smallest absolute Gasteiger partial charge is 0.335 e. The second-order valence-electron chi connectivity index (χ2n) is 3.71. The molecule has 0 saturated heterocycles. The zero-order valence-corrected chi connectivity index (χ0v) is 9.15. The molecule has 94 valence electrons. The molecule has 0 bridgehead atoms. The number of fused-ring (bicyclic) bond motifs is 1. The lowest BCUT2D eigenvalue weighted by molar-refractivity contribution is -0.139. The van der Waals surface area contributed by atoms with Crippen LogP contribution >= 0.6 is 0 Å². The highest BCUT2D eigenvalue weighted by molar-refractivity contribution is 5.92. The van der Waals surface area contributed by atoms with E-state index >= 15 is 0 Å². The van der Waals surface area contributed by atoms with E-state index in [-0.39, 0.29) is 12.1 Å². The summed E-state index contributed by atoms with van der Waals surface area (Å²) < 4.78 is 0. The third kappa shape index (κ3) is 2.28. The number of nitrogens with two attached hydrogens (primary N) is 1. The van der Waals surface area contributed by atoms with Crippen molar-refractivity contribution in [2.24, 2.45) is 5.73 Å². The SMILES string of the molecule is NC(Cn1nc2ccc(C(=O)O)cc2n1)C(=O)O. The molecule has 0 aliphatic carbocycles. The monoisotopic (exact) mass is 250 g/mol. The average Bonchev–Trinajstić information content (AvgIpc) is 2.69. The molecule has 2 rings (SSSR count). The van der Waals surface area contributed by atoms with Gasteiger partial charge in [-0.3, -0.25) is 4.79 Å². The maximum Gasteiger partial charge on any atom is 0.335 e. The third-order valence-corrected chi connectivity index (χ3v) is 2.35. The lowest BCUT2D eigenvalue weighted by atomic mass is 10.2. The van der Waals surface area contributed by atoms with Crippen molar-refractivity contribution in [2.45, 2.75) is 12.6 Å². The van der Waals surface area contributed by atoms with Crippen LogP contribution in [0.2, 0.25) is 0 Å². The van der Waals surface area contributed by atoms with Gasteiger partial charge in [-0.1, -0.05) is 0 Å². The van der Waals surface area contributed by atoms with Gasteiger partial charge >= 0.3 is 11.9 Å². The molecule has 2 aromatic rings. The molecule has 1 unspecified atom stereocenters. The number of carbonyl (C=O) groups is 2. The van der Waals surface area contributed by atoms with E-state index < -0.39 is 18.0 Å². The van der Waals surface area contributed by atoms with Gasteiger partial charge in [0.1, 0.15) is 17.1 Å². The summed E-state index contributed by atoms with van der Waals surface area (Å²) in [7, 11) is 0. The quantitative estimate of drug-likeness (QED) is 0.669. The van der Waals surface area contributed by atoms with Gasteiger partial charge < -0.3 is 15.9 Å². The molecule has 1 heterocycles. The van der Waals surface area contributed by atoms with E-state index in [1.807, 2.05) is 0 Å². The van der Waals surface area contributed by atoms with Crippen LogP contribution < -0.4 is 5.73 Å². The first kappa shape index (κ1) is 12.0. The largest absolute Gasteiger partial charge is 0.480 e. The lowest BCUT2D eigenvalue weighted by Crippen LogP contribution is -2.35. The summed E-state index contributed by atoms with van der Waals surface area (Å²) in [6.07, 6.45) is 0. The minimum atomic E-state index is -1.15. The number of hydrogen-bond acceptors (Lipinski definition) is 5. The van der Waals surface area contributed by atoms with E-state index in [1.54, 1.807) is 0 Å². The highest BCUT2D eigenvalue weighted by Crippen LogP contribution is 2.11. The van der Waals surface area contributed by atoms with Crippen molar-refractivity contribution in [2.75, 3.05) is 0 Å². The molecule has 18 heavy (non-hydrogen) atoms. The first-order valence-electron chi connectivity index (χ1n) is 5.04. The summed E-state index contributed by atoms with van der Waals surface area (Å²) in [5.41, 5.74) is 6.31. The number of aromatic nitrogens is 3. The number of carboxylic acids is 2. The summed E-state index contributed by atoms with van der Waals surface area (Å²) in [4.78, 5) is 22.5. The number of aliphatic carboxylic acids is 1. The summed E-state index contributed by atoms with van der Waals surface area (Å²) in [6.45, 7) is -0.0770. The van der Waals surface area contributed by atoms with Crippen LogP contribution in [-0.4, -0.2) is 43.2 Å². The Bertz CT molecular complexity index is 621. The van der Waals surface area contributed by atoms with Crippen LogP contribution in [0, 0.1) is 0 Å². The molecule has 8 heteroatoms. The van der Waals surface area contributed by atoms with Crippen LogP contribution in [-0.2, 0) is 11.3 Å². The van der Waals surface area contributed by atoms with E-state index in [4.69, 9.17) is 15.9 Å². The Labute approximate surface area is 101 Å². The van der Waals surface area contributed by atoms with Gasteiger partial charge in [0.2, 0.25) is 0 Å². The molecule has 0 spiro atoms. The number of aromatic carboxylic acids is 1. The van der Waals surface area contributed by atoms with Crippen LogP contribution in [0.3, 0.4) is 0 Å². The Hall–Kier alpha value is -2.48. The summed E-state index contributed by atoms with van der Waals surface area (Å²) in [6, 6.07) is 3.17. The normalized spacial score (nSPS) is 12.5. The predicted octanol–water partition coefficient (Wildman–Crippen LogP) is -0.459. The van der Waals surface area contributed by atoms with Crippen molar-refractivity contribution < 1.29 is 19.8 Å². The van der Waals surface area contributed by atoms with E-state index in [0.717, 1.165) is 4.80 Å². The number of rotatable bonds is 4. The first-order chi connectivity index (χ1) is 8.47. The van der Waals surface area contributed by atoms with E-state index in [1.165, 1.54) is 18.2 Å². The lowest BCUT2D eigenvalue weighted by Gasteiger charge is -2.03. The molecule has 0 fully saturated rings. The number of nitrogens with zero attached hydrogens (tertiary/aromatic N) is 3. The van der Waals surface area contributed by atoms with Crippen LogP contribution in [0.1, 0.15) is 10.4 Å². The van der Waals surface area contributed by atoms with Gasteiger partial charge in [-0.2, -0.15) is 15.0 Å². The van der Waals surface area contributed by atoms with Gasteiger partial charge in [-0.25, -0.2) is 4.79 Å². The molecule has 0 amide bonds. The fraction of sp³-hybridized carbons (Fsp3) is 0.200. The van der Waals surface area contributed by atoms with Gasteiger partial charge in [-0.15, -0.1) is 0 Å². The number of carboxylic acid groups (broad SMARTS) is 2. The molecule has 8 nitrogen and oxygen atoms in total. The topological polar surface area (TPSA) is 131 Å². The second-order valence-corrected chi connectivity index (χ2v) is 3.71. The van der Waals surface area contributed by atoms with Crippen molar-refractivity contribution in [1.29, 1.82) is 0 Å². The fourth-order valence-electron chi connectivity index (χ4n) is 1.43. The molecule has 0 saturated carbocycles. The minimum absolute atomic E-state index is 0.0770. The number of benzene rings is 1. The van der Waals surface area contributed by atoms with Crippen molar-refractivity contribution >= 4 is 23.0 Å². The van der Waals surface area contributed by atoms with Gasteiger partial charge in [-0.05, 0) is 18.2 Å². The maximum atomic E-state index is 10.8. The van der Waals surface area contributed by atoms with Crippen LogP contribution in [0.5, 0.6) is 0 Å². The average molecular weight is 250 g/mol. The molecule has 0 aliphatic heterocycles. The predicted molar refractivity (Wildman–Crippen MR) is 60.1 cm³/mol. The highest BCUT2D eigenvalue weighted by atomic mass is 16.4. The maximum absolute atomic E-state index is 10.8. The van der Waals surface area contributed by atoms with Gasteiger partial charge in [0.15, 0.2) is 0 Å². The molecule has 1 atom stereocenters. The molecule has 0 aliphatic rings. The Kier molecular flexibility index (Phi) is 2.94. The van der Waals surface area contributed by atoms with Crippen LogP contribution in [0.25, 0.3) is 11.0 Å². The van der Waals surface area contributed by atoms with Crippen molar-refractivity contribution in [3.05, 3.63) is 23.8 Å². The van der Waals surface area contributed by atoms with Crippen LogP contribution in [0.4, 0.5) is 0 Å². The summed E-state index contributed by atoms with van der Waals surface area (Å²) in [5, 5.41) is 25.5. The molecular formula is C10H10N4O4. The molecule has 1 aromatic heterocycles. The van der Waals surface area contributed by atoms with Crippen LogP contribution in [0.15, 0.2) is 18.2 Å². The third-order valence-electron chi connectivity index (χ3n) is 2.35. The highest BCUT2D eigenvalue weighted by Gasteiger charge is 2.14. The summed E-state index contributed by atoms with van der Waals surface area (Å²) >= 11 is 0. The first-order valence-corrected chi connectivity index (χ1v) is 5.04. The van der Waals surface area contributed by atoms with E-state index in [0.29, 0.717) is 11.0 Å². The van der Waals surface area contributed by atoms with E-state index in [9.17, 15) is 9.59 Å². The Balaban J connectivity index is 2.32. The van der Waals surface area contributed by atoms with Crippen molar-refractivity contribution in [3.8, 4) is 0 Å². The van der Waals surface area contributed by atoms with Gasteiger partial charge in [0.25, 0.3) is 0 Å². The molecular weight excluding hydrogens is 240 g/mol. The van der Waals surface area contributed by atoms with E-state index in [2.05, 4.69) is 10.2 Å². The Morgan fingerprint density at radius 1 is 1.28 bits per heavy atom. The Morgan fingerprint density at radius 2 is 1.94 bits per heavy atom. The zero-order chi connectivity index (χ0) is 13.3.